The number of hydrogen-bond donors (Lipinski definition) is 1. The number of para-hydroxylation sites is 1. The van der Waals surface area contributed by atoms with Crippen molar-refractivity contribution in [2.45, 2.75) is 25.8 Å². The molecule has 10 heteroatoms. The largest absolute Gasteiger partial charge is 0.347 e. The number of fused-ring (bicyclic) bond motifs is 1. The van der Waals surface area contributed by atoms with Crippen molar-refractivity contribution in [2.24, 2.45) is 0 Å². The van der Waals surface area contributed by atoms with Crippen LogP contribution in [0.3, 0.4) is 0 Å². The van der Waals surface area contributed by atoms with E-state index >= 15 is 8.78 Å². The Bertz CT molecular complexity index is 1570. The van der Waals surface area contributed by atoms with Gasteiger partial charge in [-0.3, -0.25) is 14.6 Å². The highest BCUT2D eigenvalue weighted by Crippen LogP contribution is 2.43. The molecule has 0 radical (unpaired) electrons. The van der Waals surface area contributed by atoms with E-state index in [1.807, 2.05) is 13.0 Å². The maximum Gasteiger partial charge on any atom is 0.275 e. The molecule has 4 aromatic rings. The third kappa shape index (κ3) is 5.44. The smallest absolute Gasteiger partial charge is 0.275 e. The second-order valence-corrected chi connectivity index (χ2v) is 9.48. The molecule has 1 aliphatic rings. The van der Waals surface area contributed by atoms with Gasteiger partial charge in [0.1, 0.15) is 0 Å². The van der Waals surface area contributed by atoms with Crippen LogP contribution in [0.15, 0.2) is 85.2 Å². The van der Waals surface area contributed by atoms with E-state index in [9.17, 15) is 9.59 Å². The number of halogens is 3. The molecule has 39 heavy (non-hydrogen) atoms. The van der Waals surface area contributed by atoms with Crippen molar-refractivity contribution >= 4 is 34.7 Å². The predicted molar refractivity (Wildman–Crippen MR) is 145 cm³/mol. The lowest BCUT2D eigenvalue weighted by Gasteiger charge is -2.23. The molecular formula is C29H24ClF2N5O2. The number of alkyl halides is 2. The van der Waals surface area contributed by atoms with E-state index in [4.69, 9.17) is 11.6 Å². The number of aromatic nitrogens is 3. The number of allylic oxidation sites excluding steroid dienone is 1. The maximum absolute atomic E-state index is 15.5. The van der Waals surface area contributed by atoms with Crippen LogP contribution in [0.2, 0.25) is 5.02 Å². The molecule has 0 spiro atoms. The molecule has 0 saturated heterocycles. The number of nitrogens with zero attached hydrogens (tertiary/aromatic N) is 4. The van der Waals surface area contributed by atoms with Gasteiger partial charge in [0.15, 0.2) is 0 Å². The van der Waals surface area contributed by atoms with E-state index < -0.39 is 29.7 Å². The zero-order valence-electron chi connectivity index (χ0n) is 20.9. The van der Waals surface area contributed by atoms with E-state index in [0.29, 0.717) is 11.4 Å². The monoisotopic (exact) mass is 547 g/mol. The topological polar surface area (TPSA) is 80.1 Å². The van der Waals surface area contributed by atoms with Crippen molar-refractivity contribution in [3.05, 3.63) is 113 Å². The zero-order chi connectivity index (χ0) is 27.6. The Morgan fingerprint density at radius 2 is 1.87 bits per heavy atom. The fourth-order valence-corrected chi connectivity index (χ4v) is 4.75. The molecule has 0 bridgehead atoms. The van der Waals surface area contributed by atoms with Crippen LogP contribution in [0, 0.1) is 6.92 Å². The van der Waals surface area contributed by atoms with Crippen molar-refractivity contribution < 1.29 is 18.4 Å². The van der Waals surface area contributed by atoms with E-state index in [2.05, 4.69) is 15.4 Å². The number of pyridine rings is 1. The Kier molecular flexibility index (Phi) is 7.26. The van der Waals surface area contributed by atoms with Crippen LogP contribution in [0.5, 0.6) is 0 Å². The number of benzene rings is 2. The zero-order valence-corrected chi connectivity index (χ0v) is 21.7. The van der Waals surface area contributed by atoms with E-state index in [-0.39, 0.29) is 34.9 Å². The molecule has 5 rings (SSSR count). The molecule has 1 aliphatic heterocycles. The van der Waals surface area contributed by atoms with Gasteiger partial charge in [0.25, 0.3) is 11.8 Å². The second-order valence-electron chi connectivity index (χ2n) is 9.07. The summed E-state index contributed by atoms with van der Waals surface area (Å²) in [7, 11) is 0. The Hall–Kier alpha value is -4.37. The first kappa shape index (κ1) is 26.2. The summed E-state index contributed by atoms with van der Waals surface area (Å²) in [6, 6.07) is 18.3. The van der Waals surface area contributed by atoms with Crippen LogP contribution in [0.4, 0.5) is 14.5 Å². The molecule has 2 amide bonds. The summed E-state index contributed by atoms with van der Waals surface area (Å²) in [5, 5.41) is 7.03. The molecule has 0 aliphatic carbocycles. The van der Waals surface area contributed by atoms with Crippen molar-refractivity contribution in [3.63, 3.8) is 0 Å². The summed E-state index contributed by atoms with van der Waals surface area (Å²) in [5.41, 5.74) is 2.24. The number of hydrogen-bond acceptors (Lipinski definition) is 4. The Labute approximate surface area is 228 Å². The summed E-state index contributed by atoms with van der Waals surface area (Å²) < 4.78 is 32.6. The normalized spacial score (nSPS) is 15.5. The van der Waals surface area contributed by atoms with Gasteiger partial charge < -0.3 is 10.2 Å². The van der Waals surface area contributed by atoms with E-state index in [1.165, 1.54) is 11.0 Å². The van der Waals surface area contributed by atoms with E-state index in [0.717, 1.165) is 11.8 Å². The summed E-state index contributed by atoms with van der Waals surface area (Å²) in [4.78, 5) is 31.8. The van der Waals surface area contributed by atoms with Crippen molar-refractivity contribution in [1.29, 1.82) is 0 Å². The Balaban J connectivity index is 1.46. The Morgan fingerprint density at radius 1 is 1.08 bits per heavy atom. The molecular weight excluding hydrogens is 524 g/mol. The molecule has 0 unspecified atom stereocenters. The SMILES string of the molecule is Cc1ccnn1-c1ccc(C(=O)N2CCC(F)(F)/C(=C\C(=O)NCc3ccccn3)c3ccccc32)c(Cl)c1. The van der Waals surface area contributed by atoms with Crippen LogP contribution in [0.1, 0.15) is 33.7 Å². The highest BCUT2D eigenvalue weighted by molar-refractivity contribution is 6.34. The number of rotatable bonds is 5. The molecule has 2 aromatic carbocycles. The van der Waals surface area contributed by atoms with Gasteiger partial charge in [-0.2, -0.15) is 5.10 Å². The quantitative estimate of drug-likeness (QED) is 0.329. The van der Waals surface area contributed by atoms with Gasteiger partial charge in [-0.15, -0.1) is 0 Å². The van der Waals surface area contributed by atoms with Gasteiger partial charge >= 0.3 is 0 Å². The fraction of sp³-hybridized carbons (Fsp3) is 0.172. The minimum Gasteiger partial charge on any atom is -0.347 e. The second kappa shape index (κ2) is 10.8. The van der Waals surface area contributed by atoms with Gasteiger partial charge in [-0.05, 0) is 49.4 Å². The number of carbonyl (C=O) groups excluding carboxylic acids is 2. The van der Waals surface area contributed by atoms with Gasteiger partial charge in [-0.25, -0.2) is 13.5 Å². The number of nitrogens with one attached hydrogen (secondary N) is 1. The van der Waals surface area contributed by atoms with Crippen LogP contribution in [-0.4, -0.2) is 39.0 Å². The molecule has 1 N–H and O–H groups in total. The minimum absolute atomic E-state index is 0.0911. The molecule has 0 fully saturated rings. The highest BCUT2D eigenvalue weighted by atomic mass is 35.5. The first-order valence-electron chi connectivity index (χ1n) is 12.2. The van der Waals surface area contributed by atoms with Gasteiger partial charge in [0.05, 0.1) is 34.2 Å². The molecule has 3 heterocycles. The van der Waals surface area contributed by atoms with Gasteiger partial charge in [0, 0.05) is 48.3 Å². The average Bonchev–Trinajstić information content (AvgIpc) is 3.32. The lowest BCUT2D eigenvalue weighted by molar-refractivity contribution is -0.116. The molecule has 0 saturated carbocycles. The molecule has 2 aromatic heterocycles. The maximum atomic E-state index is 15.5. The first-order valence-corrected chi connectivity index (χ1v) is 12.6. The lowest BCUT2D eigenvalue weighted by Crippen LogP contribution is -2.33. The van der Waals surface area contributed by atoms with Crippen molar-refractivity contribution in [1.82, 2.24) is 20.1 Å². The van der Waals surface area contributed by atoms with Crippen LogP contribution in [0.25, 0.3) is 11.3 Å². The summed E-state index contributed by atoms with van der Waals surface area (Å²) in [6.07, 6.45) is 3.47. The number of carbonyl (C=O) groups is 2. The fourth-order valence-electron chi connectivity index (χ4n) is 4.49. The number of amides is 2. The molecule has 7 nitrogen and oxygen atoms in total. The molecule has 198 valence electrons. The van der Waals surface area contributed by atoms with Crippen molar-refractivity contribution in [2.75, 3.05) is 11.4 Å². The lowest BCUT2D eigenvalue weighted by atomic mass is 9.97. The standard InChI is InChI=1S/C29H24ClF2N5O2/c1-19-11-14-35-37(19)21-9-10-23(25(30)16-21)28(39)36-15-12-29(31,32)24(22-7-2-3-8-26(22)36)17-27(38)34-18-20-6-4-5-13-33-20/h2-11,13-14,16-17H,12,15,18H2,1H3,(H,34,38)/b24-17-. The number of aryl methyl sites for hydroxylation is 1. The first-order chi connectivity index (χ1) is 18.7. The Morgan fingerprint density at radius 3 is 2.59 bits per heavy atom. The van der Waals surface area contributed by atoms with Crippen LogP contribution in [-0.2, 0) is 11.3 Å². The van der Waals surface area contributed by atoms with Gasteiger partial charge in [-0.1, -0.05) is 35.9 Å². The summed E-state index contributed by atoms with van der Waals surface area (Å²) >= 11 is 6.51. The third-order valence-electron chi connectivity index (χ3n) is 6.48. The predicted octanol–water partition coefficient (Wildman–Crippen LogP) is 5.61. The average molecular weight is 548 g/mol. The van der Waals surface area contributed by atoms with Crippen molar-refractivity contribution in [3.8, 4) is 5.69 Å². The van der Waals surface area contributed by atoms with Crippen LogP contribution >= 0.6 is 11.6 Å². The summed E-state index contributed by atoms with van der Waals surface area (Å²) in [6.45, 7) is 1.71. The minimum atomic E-state index is -3.36. The third-order valence-corrected chi connectivity index (χ3v) is 6.79. The summed E-state index contributed by atoms with van der Waals surface area (Å²) in [5.74, 6) is -4.57. The highest BCUT2D eigenvalue weighted by Gasteiger charge is 2.41. The van der Waals surface area contributed by atoms with Crippen LogP contribution < -0.4 is 10.2 Å². The molecule has 0 atom stereocenters. The van der Waals surface area contributed by atoms with Gasteiger partial charge in [0.2, 0.25) is 5.91 Å². The number of anilines is 1. The van der Waals surface area contributed by atoms with E-state index in [1.54, 1.807) is 71.7 Å².